The van der Waals surface area contributed by atoms with E-state index in [1.807, 2.05) is 60.7 Å². The van der Waals surface area contributed by atoms with E-state index < -0.39 is 0 Å². The molecule has 1 heterocycles. The molecule has 3 aromatic rings. The van der Waals surface area contributed by atoms with Crippen molar-refractivity contribution in [2.45, 2.75) is 27.3 Å². The fraction of sp³-hybridized carbons (Fsp3) is 0.333. The van der Waals surface area contributed by atoms with Gasteiger partial charge >= 0.3 is 0 Å². The summed E-state index contributed by atoms with van der Waals surface area (Å²) in [4.78, 5) is 27.1. The van der Waals surface area contributed by atoms with Crippen LogP contribution in [0.2, 0.25) is 0 Å². The van der Waals surface area contributed by atoms with Crippen LogP contribution in [-0.4, -0.2) is 48.6 Å². The molecule has 2 aromatic carbocycles. The number of amides is 2. The van der Waals surface area contributed by atoms with Gasteiger partial charge < -0.3 is 24.3 Å². The van der Waals surface area contributed by atoms with Crippen molar-refractivity contribution in [2.75, 3.05) is 32.6 Å². The van der Waals surface area contributed by atoms with Gasteiger partial charge in [-0.25, -0.2) is 0 Å². The molecule has 3 rings (SSSR count). The van der Waals surface area contributed by atoms with Crippen molar-refractivity contribution in [1.82, 2.24) is 9.47 Å². The predicted octanol–water partition coefficient (Wildman–Crippen LogP) is 4.09. The van der Waals surface area contributed by atoms with Crippen molar-refractivity contribution in [3.05, 3.63) is 53.7 Å². The highest BCUT2D eigenvalue weighted by molar-refractivity contribution is 6.05. The van der Waals surface area contributed by atoms with Crippen LogP contribution >= 0.6 is 0 Å². The second-order valence-corrected chi connectivity index (χ2v) is 7.24. The van der Waals surface area contributed by atoms with Crippen LogP contribution in [0.3, 0.4) is 0 Å². The maximum atomic E-state index is 12.8. The third kappa shape index (κ3) is 4.66. The average Bonchev–Trinajstić information content (AvgIpc) is 3.16. The molecule has 0 saturated heterocycles. The highest BCUT2D eigenvalue weighted by Gasteiger charge is 2.15. The number of rotatable bonds is 8. The van der Waals surface area contributed by atoms with Crippen LogP contribution in [0.5, 0.6) is 11.5 Å². The summed E-state index contributed by atoms with van der Waals surface area (Å²) in [5.74, 6) is 1.01. The van der Waals surface area contributed by atoms with Crippen molar-refractivity contribution in [3.63, 3.8) is 0 Å². The Morgan fingerprint density at radius 1 is 1.00 bits per heavy atom. The summed E-state index contributed by atoms with van der Waals surface area (Å²) in [6.45, 7) is 7.51. The average molecular weight is 424 g/mol. The molecule has 0 bridgehead atoms. The molecule has 0 aliphatic carbocycles. The molecule has 31 heavy (non-hydrogen) atoms. The van der Waals surface area contributed by atoms with Gasteiger partial charge in [-0.2, -0.15) is 0 Å². The zero-order valence-corrected chi connectivity index (χ0v) is 18.7. The van der Waals surface area contributed by atoms with Crippen LogP contribution in [0.15, 0.2) is 42.6 Å². The minimum absolute atomic E-state index is 0.0853. The lowest BCUT2D eigenvalue weighted by atomic mass is 10.1. The Bertz CT molecular complexity index is 1070. The second-order valence-electron chi connectivity index (χ2n) is 7.24. The molecule has 2 amide bonds. The van der Waals surface area contributed by atoms with Gasteiger partial charge in [0.1, 0.15) is 18.0 Å². The molecule has 0 aliphatic rings. The quantitative estimate of drug-likeness (QED) is 0.592. The molecule has 164 valence electrons. The van der Waals surface area contributed by atoms with Gasteiger partial charge in [-0.15, -0.1) is 0 Å². The van der Waals surface area contributed by atoms with Crippen LogP contribution in [0.25, 0.3) is 10.9 Å². The summed E-state index contributed by atoms with van der Waals surface area (Å²) >= 11 is 0. The number of methoxy groups -OCH3 is 2. The molecule has 1 N–H and O–H groups in total. The summed E-state index contributed by atoms with van der Waals surface area (Å²) < 4.78 is 12.6. The number of hydrogen-bond acceptors (Lipinski definition) is 4. The van der Waals surface area contributed by atoms with E-state index in [1.54, 1.807) is 26.4 Å². The number of nitrogens with one attached hydrogen (secondary N) is 1. The van der Waals surface area contributed by atoms with Crippen LogP contribution in [0, 0.1) is 6.92 Å². The first-order chi connectivity index (χ1) is 14.9. The van der Waals surface area contributed by atoms with E-state index in [1.165, 1.54) is 0 Å². The summed E-state index contributed by atoms with van der Waals surface area (Å²) in [5.41, 5.74) is 2.89. The maximum Gasteiger partial charge on any atom is 0.255 e. The van der Waals surface area contributed by atoms with Crippen LogP contribution < -0.4 is 14.8 Å². The van der Waals surface area contributed by atoms with E-state index in [9.17, 15) is 9.59 Å². The normalized spacial score (nSPS) is 10.7. The van der Waals surface area contributed by atoms with E-state index in [4.69, 9.17) is 9.47 Å². The van der Waals surface area contributed by atoms with Gasteiger partial charge in [0.25, 0.3) is 5.91 Å². The zero-order valence-electron chi connectivity index (χ0n) is 18.7. The maximum absolute atomic E-state index is 12.8. The molecule has 0 saturated carbocycles. The number of anilines is 1. The molecule has 7 heteroatoms. The smallest absolute Gasteiger partial charge is 0.255 e. The first kappa shape index (κ1) is 22.2. The van der Waals surface area contributed by atoms with E-state index in [-0.39, 0.29) is 11.8 Å². The van der Waals surface area contributed by atoms with Crippen molar-refractivity contribution in [3.8, 4) is 11.5 Å². The lowest BCUT2D eigenvalue weighted by Crippen LogP contribution is -2.33. The Kier molecular flexibility index (Phi) is 6.84. The zero-order chi connectivity index (χ0) is 22.5. The van der Waals surface area contributed by atoms with Gasteiger partial charge in [-0.05, 0) is 57.2 Å². The molecular weight excluding hydrogens is 394 g/mol. The van der Waals surface area contributed by atoms with Gasteiger partial charge in [0.15, 0.2) is 0 Å². The Hall–Kier alpha value is -3.48. The molecule has 0 atom stereocenters. The van der Waals surface area contributed by atoms with Crippen LogP contribution in [-0.2, 0) is 11.3 Å². The number of benzene rings is 2. The first-order valence-electron chi connectivity index (χ1n) is 10.3. The van der Waals surface area contributed by atoms with Gasteiger partial charge in [-0.3, -0.25) is 9.59 Å². The Labute approximate surface area is 182 Å². The van der Waals surface area contributed by atoms with E-state index in [0.717, 1.165) is 16.5 Å². The summed E-state index contributed by atoms with van der Waals surface area (Å²) in [6, 6.07) is 11.0. The standard InChI is InChI=1S/C24H29N3O4/c1-6-26(7-2)23(28)15-27-11-10-17-12-19(8-9-20(17)27)25-24(29)18-13-21(30-4)16(3)22(14-18)31-5/h8-14H,6-7,15H2,1-5H3,(H,25,29). The number of nitrogens with zero attached hydrogens (tertiary/aromatic N) is 2. The number of ether oxygens (including phenoxy) is 2. The lowest BCUT2D eigenvalue weighted by Gasteiger charge is -2.19. The third-order valence-corrected chi connectivity index (χ3v) is 5.47. The third-order valence-electron chi connectivity index (χ3n) is 5.47. The summed E-state index contributed by atoms with van der Waals surface area (Å²) in [7, 11) is 3.13. The second kappa shape index (κ2) is 9.55. The van der Waals surface area contributed by atoms with Crippen LogP contribution in [0.4, 0.5) is 5.69 Å². The van der Waals surface area contributed by atoms with Gasteiger partial charge in [0, 0.05) is 47.0 Å². The fourth-order valence-corrected chi connectivity index (χ4v) is 3.66. The lowest BCUT2D eigenvalue weighted by molar-refractivity contribution is -0.131. The largest absolute Gasteiger partial charge is 0.496 e. The van der Waals surface area contributed by atoms with E-state index in [0.29, 0.717) is 42.4 Å². The Morgan fingerprint density at radius 2 is 1.65 bits per heavy atom. The fourth-order valence-electron chi connectivity index (χ4n) is 3.66. The van der Waals surface area contributed by atoms with E-state index >= 15 is 0 Å². The van der Waals surface area contributed by atoms with Crippen molar-refractivity contribution >= 4 is 28.4 Å². The minimum atomic E-state index is -0.257. The van der Waals surface area contributed by atoms with E-state index in [2.05, 4.69) is 5.32 Å². The molecule has 0 fully saturated rings. The Morgan fingerprint density at radius 3 is 2.23 bits per heavy atom. The predicted molar refractivity (Wildman–Crippen MR) is 122 cm³/mol. The first-order valence-corrected chi connectivity index (χ1v) is 10.3. The van der Waals surface area contributed by atoms with Gasteiger partial charge in [0.05, 0.1) is 14.2 Å². The molecule has 0 aliphatic heterocycles. The molecule has 0 radical (unpaired) electrons. The molecular formula is C24H29N3O4. The van der Waals surface area contributed by atoms with Crippen LogP contribution in [0.1, 0.15) is 29.8 Å². The number of hydrogen-bond donors (Lipinski definition) is 1. The van der Waals surface area contributed by atoms with Crippen molar-refractivity contribution in [1.29, 1.82) is 0 Å². The van der Waals surface area contributed by atoms with Crippen molar-refractivity contribution in [2.24, 2.45) is 0 Å². The number of aromatic nitrogens is 1. The highest BCUT2D eigenvalue weighted by Crippen LogP contribution is 2.30. The highest BCUT2D eigenvalue weighted by atomic mass is 16.5. The van der Waals surface area contributed by atoms with Crippen molar-refractivity contribution < 1.29 is 19.1 Å². The summed E-state index contributed by atoms with van der Waals surface area (Å²) in [5, 5.41) is 3.87. The SMILES string of the molecule is CCN(CC)C(=O)Cn1ccc2cc(NC(=O)c3cc(OC)c(C)c(OC)c3)ccc21. The molecule has 0 spiro atoms. The monoisotopic (exact) mass is 423 g/mol. The Balaban J connectivity index is 1.80. The molecule has 0 unspecified atom stereocenters. The number of carbonyl (C=O) groups excluding carboxylic acids is 2. The topological polar surface area (TPSA) is 72.8 Å². The number of likely N-dealkylation sites (N-methyl/N-ethyl adjacent to an activating group) is 1. The number of carbonyl (C=O) groups is 2. The molecule has 7 nitrogen and oxygen atoms in total. The minimum Gasteiger partial charge on any atom is -0.496 e. The van der Waals surface area contributed by atoms with Gasteiger partial charge in [0.2, 0.25) is 5.91 Å². The molecule has 1 aromatic heterocycles. The number of fused-ring (bicyclic) bond motifs is 1. The van der Waals surface area contributed by atoms with Gasteiger partial charge in [-0.1, -0.05) is 0 Å². The summed E-state index contributed by atoms with van der Waals surface area (Å²) in [6.07, 6.45) is 1.90.